The van der Waals surface area contributed by atoms with E-state index in [4.69, 9.17) is 9.47 Å². The van der Waals surface area contributed by atoms with E-state index in [0.29, 0.717) is 28.5 Å². The summed E-state index contributed by atoms with van der Waals surface area (Å²) < 4.78 is 10.9. The second kappa shape index (κ2) is 10.5. The van der Waals surface area contributed by atoms with Gasteiger partial charge in [0.2, 0.25) is 0 Å². The van der Waals surface area contributed by atoms with Crippen LogP contribution >= 0.6 is 0 Å². The number of aliphatic carboxylic acids is 1. The number of ether oxygens (including phenoxy) is 2. The number of ketones is 1. The van der Waals surface area contributed by atoms with E-state index in [0.717, 1.165) is 0 Å². The van der Waals surface area contributed by atoms with Gasteiger partial charge in [-0.2, -0.15) is 0 Å². The Morgan fingerprint density at radius 1 is 1.09 bits per heavy atom. The fourth-order valence-corrected chi connectivity index (χ4v) is 3.33. The van der Waals surface area contributed by atoms with Crippen LogP contribution in [-0.4, -0.2) is 53.9 Å². The van der Waals surface area contributed by atoms with E-state index in [1.165, 1.54) is 18.0 Å². The lowest BCUT2D eigenvalue weighted by Gasteiger charge is -2.28. The third kappa shape index (κ3) is 5.91. The Morgan fingerprint density at radius 2 is 1.76 bits per heavy atom. The molecule has 34 heavy (non-hydrogen) atoms. The number of nitrogens with one attached hydrogen (secondary N) is 2. The van der Waals surface area contributed by atoms with Crippen molar-refractivity contribution < 1.29 is 33.8 Å². The molecule has 178 valence electrons. The molecule has 2 aromatic carbocycles. The van der Waals surface area contributed by atoms with Crippen LogP contribution < -0.4 is 20.1 Å². The zero-order chi connectivity index (χ0) is 24.8. The number of likely N-dealkylation sites (N-methyl/N-ethyl adjacent to an activating group) is 1. The molecule has 1 unspecified atom stereocenters. The minimum absolute atomic E-state index is 0.408. The number of methoxy groups -OCH3 is 1. The summed E-state index contributed by atoms with van der Waals surface area (Å²) in [7, 11) is 3.05. The monoisotopic (exact) mass is 467 g/mol. The van der Waals surface area contributed by atoms with Crippen LogP contribution in [0.2, 0.25) is 0 Å². The van der Waals surface area contributed by atoms with E-state index in [1.54, 1.807) is 62.6 Å². The van der Waals surface area contributed by atoms with Gasteiger partial charge in [-0.05, 0) is 36.8 Å². The number of hydrogen-bond acceptors (Lipinski definition) is 6. The number of carbonyl (C=O) groups is 4. The fourth-order valence-electron chi connectivity index (χ4n) is 3.33. The number of nitrogens with zero attached hydrogens (tertiary/aromatic N) is 1. The number of rotatable bonds is 8. The van der Waals surface area contributed by atoms with Gasteiger partial charge in [0.05, 0.1) is 19.6 Å². The van der Waals surface area contributed by atoms with Crippen molar-refractivity contribution in [3.05, 3.63) is 65.9 Å². The lowest BCUT2D eigenvalue weighted by molar-refractivity contribution is -0.138. The van der Waals surface area contributed by atoms with Crippen molar-refractivity contribution in [2.24, 2.45) is 0 Å². The molecule has 3 N–H and O–H groups in total. The zero-order valence-electron chi connectivity index (χ0n) is 18.9. The summed E-state index contributed by atoms with van der Waals surface area (Å²) in [4.78, 5) is 49.7. The number of benzene rings is 2. The van der Waals surface area contributed by atoms with Crippen LogP contribution in [0.1, 0.15) is 24.9 Å². The highest BCUT2D eigenvalue weighted by atomic mass is 16.5. The maximum atomic E-state index is 12.5. The highest BCUT2D eigenvalue weighted by molar-refractivity contribution is 6.14. The van der Waals surface area contributed by atoms with E-state index in [2.05, 4.69) is 10.6 Å². The molecule has 3 amide bonds. The molecule has 2 atom stereocenters. The number of allylic oxidation sites excluding steroid dienone is 1. The molecule has 3 rings (SSSR count). The Labute approximate surface area is 196 Å². The minimum Gasteiger partial charge on any atom is -0.497 e. The zero-order valence-corrected chi connectivity index (χ0v) is 18.9. The van der Waals surface area contributed by atoms with Crippen molar-refractivity contribution >= 4 is 23.7 Å². The maximum absolute atomic E-state index is 12.5. The van der Waals surface area contributed by atoms with Crippen LogP contribution in [0.4, 0.5) is 4.79 Å². The Morgan fingerprint density at radius 3 is 2.41 bits per heavy atom. The van der Waals surface area contributed by atoms with Crippen molar-refractivity contribution in [1.29, 1.82) is 0 Å². The molecule has 0 fully saturated rings. The molecule has 0 radical (unpaired) electrons. The Bertz CT molecular complexity index is 1130. The van der Waals surface area contributed by atoms with Crippen LogP contribution in [0, 0.1) is 0 Å². The first kappa shape index (κ1) is 24.3. The van der Waals surface area contributed by atoms with Gasteiger partial charge >= 0.3 is 12.0 Å². The molecule has 0 bridgehead atoms. The molecule has 0 aliphatic carbocycles. The Hall–Kier alpha value is -4.34. The van der Waals surface area contributed by atoms with Crippen molar-refractivity contribution in [3.63, 3.8) is 0 Å². The van der Waals surface area contributed by atoms with Crippen LogP contribution in [0.15, 0.2) is 60.3 Å². The number of urea groups is 1. The predicted octanol–water partition coefficient (Wildman–Crippen LogP) is 2.62. The third-order valence-electron chi connectivity index (χ3n) is 5.26. The van der Waals surface area contributed by atoms with Crippen LogP contribution in [-0.2, 0) is 14.4 Å². The molecule has 10 heteroatoms. The summed E-state index contributed by atoms with van der Waals surface area (Å²) in [6.07, 6.45) is 0.858. The van der Waals surface area contributed by atoms with Crippen molar-refractivity contribution in [2.45, 2.75) is 25.4 Å². The highest BCUT2D eigenvalue weighted by Gasteiger charge is 2.34. The van der Waals surface area contributed by atoms with Crippen LogP contribution in [0.25, 0.3) is 0 Å². The summed E-state index contributed by atoms with van der Waals surface area (Å²) >= 11 is 0. The summed E-state index contributed by atoms with van der Waals surface area (Å²) in [5.41, 5.74) is 0.971. The lowest BCUT2D eigenvalue weighted by Crippen LogP contribution is -2.56. The van der Waals surface area contributed by atoms with E-state index < -0.39 is 42.2 Å². The standard InChI is InChI=1S/C24H25N3O7/c1-14-11-20(28)22(23(31)27(14)2)26-24(32)25-19(13-21(29)30)15-7-9-16(10-8-15)34-18-6-4-5-17(12-18)33-3/h4-12,19,22H,13H2,1-3H3,(H,29,30)(H2,25,26,32)/t19-,22?/m0/s1. The highest BCUT2D eigenvalue weighted by Crippen LogP contribution is 2.27. The van der Waals surface area contributed by atoms with E-state index in [-0.39, 0.29) is 0 Å². The number of amides is 3. The number of carboxylic acid groups (broad SMARTS) is 1. The van der Waals surface area contributed by atoms with Gasteiger partial charge in [-0.3, -0.25) is 14.4 Å². The summed E-state index contributed by atoms with van der Waals surface area (Å²) in [6.45, 7) is 1.61. The minimum atomic E-state index is -1.38. The largest absolute Gasteiger partial charge is 0.497 e. The van der Waals surface area contributed by atoms with Crippen molar-refractivity contribution in [3.8, 4) is 17.2 Å². The number of hydrogen-bond donors (Lipinski definition) is 3. The lowest BCUT2D eigenvalue weighted by atomic mass is 10.0. The van der Waals surface area contributed by atoms with E-state index >= 15 is 0 Å². The molecule has 0 aromatic heterocycles. The van der Waals surface area contributed by atoms with Gasteiger partial charge in [0.15, 0.2) is 11.8 Å². The van der Waals surface area contributed by atoms with Gasteiger partial charge in [-0.1, -0.05) is 18.2 Å². The molecule has 0 saturated heterocycles. The van der Waals surface area contributed by atoms with Gasteiger partial charge in [0, 0.05) is 24.9 Å². The van der Waals surface area contributed by atoms with Crippen molar-refractivity contribution in [1.82, 2.24) is 15.5 Å². The van der Waals surface area contributed by atoms with Crippen molar-refractivity contribution in [2.75, 3.05) is 14.2 Å². The van der Waals surface area contributed by atoms with E-state index in [9.17, 15) is 24.3 Å². The third-order valence-corrected chi connectivity index (χ3v) is 5.26. The topological polar surface area (TPSA) is 134 Å². The SMILES string of the molecule is COc1cccc(Oc2ccc([C@H](CC(=O)O)NC(=O)NC3C(=O)C=C(C)N(C)C3=O)cc2)c1. The molecule has 1 heterocycles. The van der Waals surface area contributed by atoms with Gasteiger partial charge in [-0.15, -0.1) is 0 Å². The van der Waals surface area contributed by atoms with Gasteiger partial charge < -0.3 is 30.1 Å². The maximum Gasteiger partial charge on any atom is 0.316 e. The van der Waals surface area contributed by atoms with Gasteiger partial charge in [0.25, 0.3) is 5.91 Å². The Kier molecular flexibility index (Phi) is 7.52. The molecule has 2 aromatic rings. The molecule has 0 saturated carbocycles. The average molecular weight is 467 g/mol. The number of carboxylic acids is 1. The normalized spacial score (nSPS) is 16.4. The molecule has 10 nitrogen and oxygen atoms in total. The first-order valence-electron chi connectivity index (χ1n) is 10.4. The molecular formula is C24H25N3O7. The van der Waals surface area contributed by atoms with Gasteiger partial charge in [-0.25, -0.2) is 4.79 Å². The van der Waals surface area contributed by atoms with Crippen LogP contribution in [0.3, 0.4) is 0 Å². The smallest absolute Gasteiger partial charge is 0.316 e. The van der Waals surface area contributed by atoms with Gasteiger partial charge in [0.1, 0.15) is 17.2 Å². The van der Waals surface area contributed by atoms with Crippen LogP contribution in [0.5, 0.6) is 17.2 Å². The molecule has 1 aliphatic heterocycles. The molecule has 0 spiro atoms. The predicted molar refractivity (Wildman–Crippen MR) is 121 cm³/mol. The summed E-state index contributed by atoms with van der Waals surface area (Å²) in [6, 6.07) is 10.4. The molecular weight excluding hydrogens is 442 g/mol. The molecule has 1 aliphatic rings. The second-order valence-corrected chi connectivity index (χ2v) is 7.64. The quantitative estimate of drug-likeness (QED) is 0.508. The second-order valence-electron chi connectivity index (χ2n) is 7.64. The first-order chi connectivity index (χ1) is 16.2. The average Bonchev–Trinajstić information content (AvgIpc) is 2.80. The van der Waals surface area contributed by atoms with E-state index in [1.807, 2.05) is 0 Å². The summed E-state index contributed by atoms with van der Waals surface area (Å²) in [5.74, 6) is -0.566. The summed E-state index contributed by atoms with van der Waals surface area (Å²) in [5, 5.41) is 14.2. The number of carbonyl (C=O) groups excluding carboxylic acids is 3. The first-order valence-corrected chi connectivity index (χ1v) is 10.4. The Balaban J connectivity index is 1.70. The fraction of sp³-hybridized carbons (Fsp3) is 0.250.